The summed E-state index contributed by atoms with van der Waals surface area (Å²) in [5.41, 5.74) is 0. The van der Waals surface area contributed by atoms with Crippen LogP contribution >= 0.6 is 0 Å². The standard InChI is InChI=1S/C11H21N3/c1-4-5-10(2)8-12-9-11-13-6-7-14(11)3/h6-7,10,12H,4-5,8-9H2,1-3H3. The monoisotopic (exact) mass is 195 g/mol. The summed E-state index contributed by atoms with van der Waals surface area (Å²) in [5.74, 6) is 1.87. The predicted octanol–water partition coefficient (Wildman–Crippen LogP) is 1.95. The van der Waals surface area contributed by atoms with Gasteiger partial charge in [0.1, 0.15) is 5.82 Å². The summed E-state index contributed by atoms with van der Waals surface area (Å²) in [4.78, 5) is 4.26. The summed E-state index contributed by atoms with van der Waals surface area (Å²) in [6, 6.07) is 0. The highest BCUT2D eigenvalue weighted by atomic mass is 15.1. The molecular weight excluding hydrogens is 174 g/mol. The van der Waals surface area contributed by atoms with Gasteiger partial charge in [0.2, 0.25) is 0 Å². The molecule has 1 unspecified atom stereocenters. The van der Waals surface area contributed by atoms with Gasteiger partial charge in [-0.3, -0.25) is 0 Å². The molecule has 0 saturated carbocycles. The third-order valence-corrected chi connectivity index (χ3v) is 2.48. The fourth-order valence-electron chi connectivity index (χ4n) is 1.59. The molecule has 0 aliphatic carbocycles. The average molecular weight is 195 g/mol. The van der Waals surface area contributed by atoms with E-state index in [4.69, 9.17) is 0 Å². The lowest BCUT2D eigenvalue weighted by Crippen LogP contribution is -2.22. The third-order valence-electron chi connectivity index (χ3n) is 2.48. The zero-order chi connectivity index (χ0) is 10.4. The van der Waals surface area contributed by atoms with Gasteiger partial charge in [-0.05, 0) is 18.9 Å². The molecule has 1 aromatic heterocycles. The van der Waals surface area contributed by atoms with Crippen LogP contribution in [0.3, 0.4) is 0 Å². The predicted molar refractivity (Wildman–Crippen MR) is 59.0 cm³/mol. The van der Waals surface area contributed by atoms with Gasteiger partial charge in [-0.25, -0.2) is 4.98 Å². The summed E-state index contributed by atoms with van der Waals surface area (Å²) in [6.45, 7) is 6.47. The van der Waals surface area contributed by atoms with E-state index in [0.717, 1.165) is 24.8 Å². The molecule has 0 saturated heterocycles. The minimum absolute atomic E-state index is 0.764. The average Bonchev–Trinajstić information content (AvgIpc) is 2.52. The molecular formula is C11H21N3. The van der Waals surface area contributed by atoms with Crippen molar-refractivity contribution in [1.29, 1.82) is 0 Å². The van der Waals surface area contributed by atoms with Gasteiger partial charge < -0.3 is 9.88 Å². The first-order valence-corrected chi connectivity index (χ1v) is 5.41. The van der Waals surface area contributed by atoms with Gasteiger partial charge >= 0.3 is 0 Å². The summed E-state index contributed by atoms with van der Waals surface area (Å²) >= 11 is 0. The molecule has 3 nitrogen and oxygen atoms in total. The molecule has 1 atom stereocenters. The molecule has 1 heterocycles. The van der Waals surface area contributed by atoms with Crippen molar-refractivity contribution in [2.24, 2.45) is 13.0 Å². The van der Waals surface area contributed by atoms with Crippen LogP contribution in [-0.2, 0) is 13.6 Å². The van der Waals surface area contributed by atoms with Crippen molar-refractivity contribution < 1.29 is 0 Å². The van der Waals surface area contributed by atoms with Gasteiger partial charge in [-0.1, -0.05) is 20.3 Å². The molecule has 0 spiro atoms. The first kappa shape index (κ1) is 11.2. The Morgan fingerprint density at radius 1 is 1.57 bits per heavy atom. The van der Waals surface area contributed by atoms with Crippen LogP contribution in [0.2, 0.25) is 0 Å². The van der Waals surface area contributed by atoms with E-state index in [-0.39, 0.29) is 0 Å². The van der Waals surface area contributed by atoms with E-state index in [1.165, 1.54) is 12.8 Å². The van der Waals surface area contributed by atoms with E-state index >= 15 is 0 Å². The largest absolute Gasteiger partial charge is 0.337 e. The van der Waals surface area contributed by atoms with Gasteiger partial charge in [-0.15, -0.1) is 0 Å². The number of nitrogens with one attached hydrogen (secondary N) is 1. The van der Waals surface area contributed by atoms with Crippen molar-refractivity contribution >= 4 is 0 Å². The lowest BCUT2D eigenvalue weighted by molar-refractivity contribution is 0.469. The summed E-state index contributed by atoms with van der Waals surface area (Å²) < 4.78 is 2.05. The molecule has 0 aromatic carbocycles. The van der Waals surface area contributed by atoms with E-state index in [1.807, 2.05) is 19.4 Å². The van der Waals surface area contributed by atoms with Crippen LogP contribution in [0.1, 0.15) is 32.5 Å². The van der Waals surface area contributed by atoms with E-state index < -0.39 is 0 Å². The number of hydrogen-bond donors (Lipinski definition) is 1. The van der Waals surface area contributed by atoms with Crippen molar-refractivity contribution in [3.63, 3.8) is 0 Å². The molecule has 14 heavy (non-hydrogen) atoms. The first-order valence-electron chi connectivity index (χ1n) is 5.41. The van der Waals surface area contributed by atoms with Crippen LogP contribution in [-0.4, -0.2) is 16.1 Å². The highest BCUT2D eigenvalue weighted by molar-refractivity contribution is 4.90. The zero-order valence-corrected chi connectivity index (χ0v) is 9.45. The summed E-state index contributed by atoms with van der Waals surface area (Å²) in [6.07, 6.45) is 6.39. The van der Waals surface area contributed by atoms with Crippen molar-refractivity contribution in [1.82, 2.24) is 14.9 Å². The quantitative estimate of drug-likeness (QED) is 0.752. The maximum Gasteiger partial charge on any atom is 0.122 e. The molecule has 1 aromatic rings. The molecule has 1 N–H and O–H groups in total. The molecule has 0 bridgehead atoms. The lowest BCUT2D eigenvalue weighted by Gasteiger charge is -2.10. The molecule has 1 rings (SSSR count). The Kier molecular flexibility index (Phi) is 4.66. The molecule has 0 aliphatic rings. The maximum absolute atomic E-state index is 4.26. The highest BCUT2D eigenvalue weighted by Gasteiger charge is 2.01. The van der Waals surface area contributed by atoms with Crippen molar-refractivity contribution in [3.8, 4) is 0 Å². The smallest absolute Gasteiger partial charge is 0.122 e. The Bertz CT molecular complexity index is 255. The minimum Gasteiger partial charge on any atom is -0.337 e. The second-order valence-electron chi connectivity index (χ2n) is 3.98. The lowest BCUT2D eigenvalue weighted by atomic mass is 10.1. The van der Waals surface area contributed by atoms with Crippen molar-refractivity contribution in [2.75, 3.05) is 6.54 Å². The number of aryl methyl sites for hydroxylation is 1. The number of aromatic nitrogens is 2. The van der Waals surface area contributed by atoms with Gasteiger partial charge in [0, 0.05) is 19.4 Å². The van der Waals surface area contributed by atoms with Gasteiger partial charge in [0.15, 0.2) is 0 Å². The van der Waals surface area contributed by atoms with Crippen LogP contribution in [0, 0.1) is 5.92 Å². The normalized spacial score (nSPS) is 13.1. The van der Waals surface area contributed by atoms with Gasteiger partial charge in [0.05, 0.1) is 6.54 Å². The Morgan fingerprint density at radius 2 is 2.36 bits per heavy atom. The van der Waals surface area contributed by atoms with E-state index in [9.17, 15) is 0 Å². The Morgan fingerprint density at radius 3 is 2.93 bits per heavy atom. The molecule has 3 heteroatoms. The Hall–Kier alpha value is -0.830. The van der Waals surface area contributed by atoms with Gasteiger partial charge in [-0.2, -0.15) is 0 Å². The van der Waals surface area contributed by atoms with Crippen LogP contribution in [0.4, 0.5) is 0 Å². The van der Waals surface area contributed by atoms with E-state index in [0.29, 0.717) is 0 Å². The highest BCUT2D eigenvalue weighted by Crippen LogP contribution is 2.03. The van der Waals surface area contributed by atoms with Crippen LogP contribution in [0.25, 0.3) is 0 Å². The number of rotatable bonds is 6. The first-order chi connectivity index (χ1) is 6.74. The van der Waals surface area contributed by atoms with Gasteiger partial charge in [0.25, 0.3) is 0 Å². The van der Waals surface area contributed by atoms with Crippen LogP contribution in [0.5, 0.6) is 0 Å². The van der Waals surface area contributed by atoms with E-state index in [1.54, 1.807) is 0 Å². The zero-order valence-electron chi connectivity index (χ0n) is 9.45. The molecule has 80 valence electrons. The van der Waals surface area contributed by atoms with Crippen LogP contribution in [0.15, 0.2) is 12.4 Å². The van der Waals surface area contributed by atoms with Crippen molar-refractivity contribution in [2.45, 2.75) is 33.2 Å². The van der Waals surface area contributed by atoms with E-state index in [2.05, 4.69) is 28.7 Å². The molecule has 0 radical (unpaired) electrons. The maximum atomic E-state index is 4.26. The SMILES string of the molecule is CCCC(C)CNCc1nccn1C. The second-order valence-corrected chi connectivity index (χ2v) is 3.98. The summed E-state index contributed by atoms with van der Waals surface area (Å²) in [7, 11) is 2.03. The topological polar surface area (TPSA) is 29.9 Å². The van der Waals surface area contributed by atoms with Crippen LogP contribution < -0.4 is 5.32 Å². The molecule has 0 aliphatic heterocycles. The minimum atomic E-state index is 0.764. The Labute approximate surface area is 86.5 Å². The molecule has 0 fully saturated rings. The Balaban J connectivity index is 2.19. The second kappa shape index (κ2) is 5.81. The molecule has 0 amide bonds. The number of imidazole rings is 1. The fourth-order valence-corrected chi connectivity index (χ4v) is 1.59. The van der Waals surface area contributed by atoms with Crippen molar-refractivity contribution in [3.05, 3.63) is 18.2 Å². The third kappa shape index (κ3) is 3.50. The number of hydrogen-bond acceptors (Lipinski definition) is 2. The number of nitrogens with zero attached hydrogens (tertiary/aromatic N) is 2. The summed E-state index contributed by atoms with van der Waals surface area (Å²) in [5, 5.41) is 3.43. The fraction of sp³-hybridized carbons (Fsp3) is 0.727.